The van der Waals surface area contributed by atoms with Gasteiger partial charge in [0, 0.05) is 12.6 Å². The van der Waals surface area contributed by atoms with Crippen molar-refractivity contribution < 1.29 is 14.3 Å². The molecular weight excluding hydrogens is 326 g/mol. The second-order valence-electron chi connectivity index (χ2n) is 8.29. The number of carbonyl (C=O) groups is 2. The Hall–Kier alpha value is -1.55. The van der Waals surface area contributed by atoms with Gasteiger partial charge in [-0.1, -0.05) is 44.5 Å². The third-order valence-electron chi connectivity index (χ3n) is 5.16. The van der Waals surface area contributed by atoms with Crippen molar-refractivity contribution in [3.05, 3.63) is 34.9 Å². The number of ether oxygens (including phenoxy) is 1. The number of hydrogen-bond acceptors (Lipinski definition) is 3. The molecule has 0 aromatic heterocycles. The van der Waals surface area contributed by atoms with Gasteiger partial charge < -0.3 is 9.64 Å². The van der Waals surface area contributed by atoms with E-state index in [1.54, 1.807) is 24.3 Å². The van der Waals surface area contributed by atoms with Crippen LogP contribution in [0.5, 0.6) is 0 Å². The maximum absolute atomic E-state index is 12.6. The highest BCUT2D eigenvalue weighted by atomic mass is 35.5. The van der Waals surface area contributed by atoms with Crippen LogP contribution in [0.2, 0.25) is 5.02 Å². The molecule has 130 valence electrons. The Morgan fingerprint density at radius 3 is 2.67 bits per heavy atom. The molecule has 4 nitrogen and oxygen atoms in total. The molecule has 5 heteroatoms. The Kier molecular flexibility index (Phi) is 4.37. The van der Waals surface area contributed by atoms with Crippen molar-refractivity contribution in [1.82, 2.24) is 4.90 Å². The van der Waals surface area contributed by atoms with Gasteiger partial charge in [0.15, 0.2) is 6.61 Å². The molecule has 1 aliphatic heterocycles. The third-order valence-corrected chi connectivity index (χ3v) is 5.49. The van der Waals surface area contributed by atoms with Gasteiger partial charge in [0.25, 0.3) is 5.91 Å². The molecule has 24 heavy (non-hydrogen) atoms. The number of fused-ring (bicyclic) bond motifs is 2. The molecule has 2 bridgehead atoms. The topological polar surface area (TPSA) is 46.6 Å². The number of halogens is 1. The van der Waals surface area contributed by atoms with Crippen LogP contribution in [0.3, 0.4) is 0 Å². The number of rotatable bonds is 3. The summed E-state index contributed by atoms with van der Waals surface area (Å²) in [5.41, 5.74) is 0.718. The van der Waals surface area contributed by atoms with Crippen LogP contribution in [-0.2, 0) is 9.53 Å². The Bertz CT molecular complexity index is 672. The Balaban J connectivity index is 1.62. The fraction of sp³-hybridized carbons (Fsp3) is 0.579. The highest BCUT2D eigenvalue weighted by Crippen LogP contribution is 2.52. The van der Waals surface area contributed by atoms with Gasteiger partial charge >= 0.3 is 5.97 Å². The number of esters is 1. The van der Waals surface area contributed by atoms with Crippen LogP contribution in [0.4, 0.5) is 0 Å². The lowest BCUT2D eigenvalue weighted by atomic mass is 9.65. The molecule has 1 aromatic rings. The summed E-state index contributed by atoms with van der Waals surface area (Å²) in [6, 6.07) is 6.95. The number of carbonyl (C=O) groups excluding carboxylic acids is 2. The highest BCUT2D eigenvalue weighted by molar-refractivity contribution is 6.33. The second kappa shape index (κ2) is 6.07. The lowest BCUT2D eigenvalue weighted by Crippen LogP contribution is -2.39. The molecule has 1 saturated heterocycles. The van der Waals surface area contributed by atoms with E-state index >= 15 is 0 Å². The van der Waals surface area contributed by atoms with Crippen LogP contribution >= 0.6 is 11.6 Å². The SMILES string of the molecule is CC1(C)C[C@H]2C[C@](C)(CN2C(=O)COC(=O)c2ccccc2Cl)C1. The van der Waals surface area contributed by atoms with Crippen molar-refractivity contribution in [2.75, 3.05) is 13.2 Å². The number of likely N-dealkylation sites (tertiary alicyclic amines) is 1. The van der Waals surface area contributed by atoms with Crippen molar-refractivity contribution in [1.29, 1.82) is 0 Å². The van der Waals surface area contributed by atoms with Gasteiger partial charge in [-0.15, -0.1) is 0 Å². The van der Waals surface area contributed by atoms with E-state index in [2.05, 4.69) is 20.8 Å². The predicted octanol–water partition coefficient (Wildman–Crippen LogP) is 3.92. The number of nitrogens with zero attached hydrogens (tertiary/aromatic N) is 1. The second-order valence-corrected chi connectivity index (χ2v) is 8.70. The van der Waals surface area contributed by atoms with E-state index in [0.717, 1.165) is 25.8 Å². The first-order chi connectivity index (χ1) is 11.2. The smallest absolute Gasteiger partial charge is 0.340 e. The fourth-order valence-corrected chi connectivity index (χ4v) is 4.88. The first-order valence-corrected chi connectivity index (χ1v) is 8.78. The van der Waals surface area contributed by atoms with Crippen molar-refractivity contribution >= 4 is 23.5 Å². The van der Waals surface area contributed by atoms with E-state index in [1.807, 2.05) is 4.90 Å². The highest BCUT2D eigenvalue weighted by Gasteiger charge is 2.50. The van der Waals surface area contributed by atoms with Crippen LogP contribution in [-0.4, -0.2) is 36.0 Å². The zero-order valence-corrected chi connectivity index (χ0v) is 15.2. The Labute approximate surface area is 148 Å². The minimum atomic E-state index is -0.553. The minimum Gasteiger partial charge on any atom is -0.452 e. The Morgan fingerprint density at radius 2 is 1.96 bits per heavy atom. The molecule has 1 aromatic carbocycles. The maximum Gasteiger partial charge on any atom is 0.340 e. The van der Waals surface area contributed by atoms with E-state index in [-0.39, 0.29) is 29.4 Å². The summed E-state index contributed by atoms with van der Waals surface area (Å²) >= 11 is 5.99. The van der Waals surface area contributed by atoms with Crippen LogP contribution in [0, 0.1) is 10.8 Å². The van der Waals surface area contributed by atoms with E-state index < -0.39 is 5.97 Å². The van der Waals surface area contributed by atoms with Gasteiger partial charge in [-0.3, -0.25) is 4.79 Å². The maximum atomic E-state index is 12.6. The zero-order chi connectivity index (χ0) is 17.5. The Morgan fingerprint density at radius 1 is 1.25 bits per heavy atom. The van der Waals surface area contributed by atoms with E-state index in [1.165, 1.54) is 0 Å². The standard InChI is InChI=1S/C19H24ClNO3/c1-18(2)8-13-9-19(3,11-18)12-21(13)16(22)10-24-17(23)14-6-4-5-7-15(14)20/h4-7,13H,8-12H2,1-3H3/t13-,19-/m0/s1. The van der Waals surface area contributed by atoms with Gasteiger partial charge in [-0.05, 0) is 42.2 Å². The molecule has 2 atom stereocenters. The third kappa shape index (κ3) is 3.44. The zero-order valence-electron chi connectivity index (χ0n) is 14.5. The molecule has 0 spiro atoms. The summed E-state index contributed by atoms with van der Waals surface area (Å²) in [6.45, 7) is 7.32. The van der Waals surface area contributed by atoms with Crippen LogP contribution in [0.1, 0.15) is 50.4 Å². The van der Waals surface area contributed by atoms with Gasteiger partial charge in [0.2, 0.25) is 0 Å². The van der Waals surface area contributed by atoms with E-state index in [0.29, 0.717) is 10.6 Å². The molecule has 1 heterocycles. The lowest BCUT2D eigenvalue weighted by Gasteiger charge is -2.39. The van der Waals surface area contributed by atoms with Gasteiger partial charge in [-0.2, -0.15) is 0 Å². The summed E-state index contributed by atoms with van der Waals surface area (Å²) in [7, 11) is 0. The largest absolute Gasteiger partial charge is 0.452 e. The van der Waals surface area contributed by atoms with E-state index in [9.17, 15) is 9.59 Å². The fourth-order valence-electron chi connectivity index (χ4n) is 4.67. The summed E-state index contributed by atoms with van der Waals surface area (Å²) in [6.07, 6.45) is 3.17. The molecule has 2 fully saturated rings. The summed E-state index contributed by atoms with van der Waals surface area (Å²) in [5, 5.41) is 0.334. The molecule has 1 amide bonds. The predicted molar refractivity (Wildman–Crippen MR) is 93.0 cm³/mol. The molecule has 1 aliphatic carbocycles. The molecular formula is C19H24ClNO3. The van der Waals surface area contributed by atoms with Crippen molar-refractivity contribution in [2.45, 2.75) is 46.1 Å². The monoisotopic (exact) mass is 349 g/mol. The molecule has 0 N–H and O–H groups in total. The number of amides is 1. The van der Waals surface area contributed by atoms with Crippen molar-refractivity contribution in [3.63, 3.8) is 0 Å². The average molecular weight is 350 g/mol. The summed E-state index contributed by atoms with van der Waals surface area (Å²) in [4.78, 5) is 26.6. The van der Waals surface area contributed by atoms with Crippen LogP contribution in [0.15, 0.2) is 24.3 Å². The van der Waals surface area contributed by atoms with Gasteiger partial charge in [-0.25, -0.2) is 4.79 Å². The molecule has 1 saturated carbocycles. The normalized spacial score (nSPS) is 27.8. The molecule has 0 radical (unpaired) electrons. The number of hydrogen-bond donors (Lipinski definition) is 0. The van der Waals surface area contributed by atoms with Crippen LogP contribution in [0.25, 0.3) is 0 Å². The van der Waals surface area contributed by atoms with E-state index in [4.69, 9.17) is 16.3 Å². The minimum absolute atomic E-state index is 0.109. The quantitative estimate of drug-likeness (QED) is 0.777. The van der Waals surface area contributed by atoms with Crippen LogP contribution < -0.4 is 0 Å². The van der Waals surface area contributed by atoms with Gasteiger partial charge in [0.1, 0.15) is 0 Å². The number of benzene rings is 1. The molecule has 2 aliphatic rings. The molecule has 0 unspecified atom stereocenters. The van der Waals surface area contributed by atoms with Gasteiger partial charge in [0.05, 0.1) is 10.6 Å². The van der Waals surface area contributed by atoms with Crippen molar-refractivity contribution in [2.24, 2.45) is 10.8 Å². The first kappa shape index (κ1) is 17.3. The molecule has 3 rings (SSSR count). The average Bonchev–Trinajstić information content (AvgIpc) is 2.74. The summed E-state index contributed by atoms with van der Waals surface area (Å²) < 4.78 is 5.20. The van der Waals surface area contributed by atoms with Crippen molar-refractivity contribution in [3.8, 4) is 0 Å². The first-order valence-electron chi connectivity index (χ1n) is 8.40. The lowest BCUT2D eigenvalue weighted by molar-refractivity contribution is -0.135. The summed E-state index contributed by atoms with van der Waals surface area (Å²) in [5.74, 6) is -0.663.